The molecular formula is C26H32N2O5. The summed E-state index contributed by atoms with van der Waals surface area (Å²) >= 11 is 0. The number of rotatable bonds is 12. The second kappa shape index (κ2) is 13.0. The van der Waals surface area contributed by atoms with Crippen LogP contribution in [0.2, 0.25) is 0 Å². The summed E-state index contributed by atoms with van der Waals surface area (Å²) in [5.41, 5.74) is 1.71. The maximum absolute atomic E-state index is 12.7. The largest absolute Gasteiger partial charge is 0.493 e. The lowest BCUT2D eigenvalue weighted by atomic mass is 9.95. The lowest BCUT2D eigenvalue weighted by Gasteiger charge is -2.23. The van der Waals surface area contributed by atoms with Crippen molar-refractivity contribution in [2.45, 2.75) is 33.7 Å². The van der Waals surface area contributed by atoms with Crippen molar-refractivity contribution in [2.24, 2.45) is 5.92 Å². The van der Waals surface area contributed by atoms with E-state index < -0.39 is 0 Å². The van der Waals surface area contributed by atoms with E-state index >= 15 is 0 Å². The van der Waals surface area contributed by atoms with Gasteiger partial charge in [0.2, 0.25) is 5.91 Å². The van der Waals surface area contributed by atoms with Crippen LogP contribution in [0.3, 0.4) is 0 Å². The third-order valence-electron chi connectivity index (χ3n) is 4.80. The molecule has 2 rings (SSSR count). The van der Waals surface area contributed by atoms with E-state index in [4.69, 9.17) is 24.2 Å². The van der Waals surface area contributed by atoms with Crippen molar-refractivity contribution in [1.29, 1.82) is 5.26 Å². The zero-order chi connectivity index (χ0) is 24.2. The lowest BCUT2D eigenvalue weighted by Crippen LogP contribution is -2.30. The van der Waals surface area contributed by atoms with Crippen molar-refractivity contribution in [2.75, 3.05) is 26.9 Å². The summed E-state index contributed by atoms with van der Waals surface area (Å²) in [5.74, 6) is 2.26. The molecule has 1 atom stereocenters. The van der Waals surface area contributed by atoms with Crippen molar-refractivity contribution >= 4 is 12.0 Å². The van der Waals surface area contributed by atoms with E-state index in [0.29, 0.717) is 36.2 Å². The third-order valence-corrected chi connectivity index (χ3v) is 4.80. The molecule has 0 fully saturated rings. The van der Waals surface area contributed by atoms with Gasteiger partial charge in [-0.1, -0.05) is 26.0 Å². The molecule has 7 nitrogen and oxygen atoms in total. The molecule has 0 radical (unpaired) electrons. The van der Waals surface area contributed by atoms with Crippen molar-refractivity contribution in [3.05, 3.63) is 53.6 Å². The molecule has 0 aliphatic rings. The average Bonchev–Trinajstić information content (AvgIpc) is 2.81. The van der Waals surface area contributed by atoms with Crippen LogP contribution in [0.5, 0.6) is 23.0 Å². The molecule has 33 heavy (non-hydrogen) atoms. The standard InChI is InChI=1S/C26H32N2O5/c1-6-31-22-12-10-20(17-24(22)32-7-2)26(18(3)4)28-25(29)13-9-19-8-11-21(33-15-14-27)23(16-19)30-5/h8-13,16-18,26H,6-7,15H2,1-5H3,(H,28,29)/b13-9+. The Labute approximate surface area is 195 Å². The van der Waals surface area contributed by atoms with E-state index in [0.717, 1.165) is 11.1 Å². The van der Waals surface area contributed by atoms with Crippen LogP contribution in [-0.4, -0.2) is 32.8 Å². The highest BCUT2D eigenvalue weighted by Crippen LogP contribution is 2.33. The highest BCUT2D eigenvalue weighted by Gasteiger charge is 2.19. The van der Waals surface area contributed by atoms with Crippen LogP contribution >= 0.6 is 0 Å². The Morgan fingerprint density at radius 3 is 2.30 bits per heavy atom. The van der Waals surface area contributed by atoms with Crippen molar-refractivity contribution < 1.29 is 23.7 Å². The van der Waals surface area contributed by atoms with Gasteiger partial charge in [-0.2, -0.15) is 5.26 Å². The lowest BCUT2D eigenvalue weighted by molar-refractivity contribution is -0.117. The molecule has 0 spiro atoms. The molecule has 1 unspecified atom stereocenters. The molecule has 0 heterocycles. The Hall–Kier alpha value is -3.66. The van der Waals surface area contributed by atoms with Gasteiger partial charge in [0, 0.05) is 6.08 Å². The first kappa shape index (κ1) is 25.6. The molecule has 2 aromatic carbocycles. The smallest absolute Gasteiger partial charge is 0.244 e. The molecule has 0 bridgehead atoms. The van der Waals surface area contributed by atoms with Crippen molar-refractivity contribution in [1.82, 2.24) is 5.32 Å². The number of carbonyl (C=O) groups excluding carboxylic acids is 1. The molecule has 1 N–H and O–H groups in total. The van der Waals surface area contributed by atoms with Crippen molar-refractivity contribution in [3.8, 4) is 29.1 Å². The summed E-state index contributed by atoms with van der Waals surface area (Å²) in [7, 11) is 1.52. The summed E-state index contributed by atoms with van der Waals surface area (Å²) in [6, 6.07) is 12.7. The number of nitriles is 1. The van der Waals surface area contributed by atoms with Crippen LogP contribution in [0, 0.1) is 17.2 Å². The zero-order valence-corrected chi connectivity index (χ0v) is 19.9. The van der Waals surface area contributed by atoms with Gasteiger partial charge in [-0.25, -0.2) is 0 Å². The molecule has 176 valence electrons. The highest BCUT2D eigenvalue weighted by atomic mass is 16.5. The monoisotopic (exact) mass is 452 g/mol. The fourth-order valence-electron chi connectivity index (χ4n) is 3.29. The summed E-state index contributed by atoms with van der Waals surface area (Å²) in [5, 5.41) is 11.8. The number of ether oxygens (including phenoxy) is 4. The number of hydrogen-bond donors (Lipinski definition) is 1. The van der Waals surface area contributed by atoms with Gasteiger partial charge in [-0.15, -0.1) is 0 Å². The fraction of sp³-hybridized carbons (Fsp3) is 0.385. The van der Waals surface area contributed by atoms with Crippen LogP contribution in [-0.2, 0) is 4.79 Å². The SMILES string of the molecule is CCOc1ccc(C(NC(=O)/C=C/c2ccc(OCC#N)c(OC)c2)C(C)C)cc1OCC. The number of carbonyl (C=O) groups is 1. The number of amides is 1. The first-order chi connectivity index (χ1) is 15.9. The fourth-order valence-corrected chi connectivity index (χ4v) is 3.29. The van der Waals surface area contributed by atoms with E-state index in [9.17, 15) is 4.79 Å². The third kappa shape index (κ3) is 7.46. The zero-order valence-electron chi connectivity index (χ0n) is 19.9. The number of benzene rings is 2. The maximum Gasteiger partial charge on any atom is 0.244 e. The molecule has 7 heteroatoms. The van der Waals surface area contributed by atoms with Crippen LogP contribution in [0.4, 0.5) is 0 Å². The second-order valence-corrected chi connectivity index (χ2v) is 7.49. The first-order valence-corrected chi connectivity index (χ1v) is 11.0. The molecule has 1 amide bonds. The van der Waals surface area contributed by atoms with Gasteiger partial charge >= 0.3 is 0 Å². The quantitative estimate of drug-likeness (QED) is 0.460. The highest BCUT2D eigenvalue weighted by molar-refractivity contribution is 5.92. The Morgan fingerprint density at radius 1 is 1.00 bits per heavy atom. The molecule has 0 saturated heterocycles. The Morgan fingerprint density at radius 2 is 1.67 bits per heavy atom. The summed E-state index contributed by atoms with van der Waals surface area (Å²) < 4.78 is 22.0. The number of nitrogens with one attached hydrogen (secondary N) is 1. The predicted molar refractivity (Wildman–Crippen MR) is 128 cm³/mol. The number of hydrogen-bond acceptors (Lipinski definition) is 6. The van der Waals surface area contributed by atoms with Crippen LogP contribution in [0.1, 0.15) is 44.9 Å². The topological polar surface area (TPSA) is 89.8 Å². The minimum atomic E-state index is -0.218. The van der Waals surface area contributed by atoms with Crippen LogP contribution in [0.15, 0.2) is 42.5 Å². The van der Waals surface area contributed by atoms with Gasteiger partial charge in [0.15, 0.2) is 29.6 Å². The Kier molecular flexibility index (Phi) is 10.1. The van der Waals surface area contributed by atoms with E-state index in [1.54, 1.807) is 24.3 Å². The molecular weight excluding hydrogens is 420 g/mol. The van der Waals surface area contributed by atoms with E-state index in [1.165, 1.54) is 13.2 Å². The number of nitrogens with zero attached hydrogens (tertiary/aromatic N) is 1. The second-order valence-electron chi connectivity index (χ2n) is 7.49. The van der Waals surface area contributed by atoms with E-state index in [-0.39, 0.29) is 24.5 Å². The minimum Gasteiger partial charge on any atom is -0.493 e. The summed E-state index contributed by atoms with van der Waals surface area (Å²) in [4.78, 5) is 12.7. The molecule has 2 aromatic rings. The molecule has 0 saturated carbocycles. The van der Waals surface area contributed by atoms with E-state index in [2.05, 4.69) is 19.2 Å². The van der Waals surface area contributed by atoms with Gasteiger partial charge in [0.25, 0.3) is 0 Å². The minimum absolute atomic E-state index is 0.0684. The molecule has 0 aliphatic heterocycles. The van der Waals surface area contributed by atoms with Gasteiger partial charge < -0.3 is 24.3 Å². The van der Waals surface area contributed by atoms with Gasteiger partial charge in [0.1, 0.15) is 6.07 Å². The van der Waals surface area contributed by atoms with Crippen LogP contribution < -0.4 is 24.3 Å². The summed E-state index contributed by atoms with van der Waals surface area (Å²) in [6.07, 6.45) is 3.19. The van der Waals surface area contributed by atoms with Gasteiger partial charge in [-0.3, -0.25) is 4.79 Å². The average molecular weight is 453 g/mol. The molecule has 0 aliphatic carbocycles. The van der Waals surface area contributed by atoms with Gasteiger partial charge in [-0.05, 0) is 61.2 Å². The van der Waals surface area contributed by atoms with Crippen molar-refractivity contribution in [3.63, 3.8) is 0 Å². The molecule has 0 aromatic heterocycles. The maximum atomic E-state index is 12.7. The Balaban J connectivity index is 2.17. The summed E-state index contributed by atoms with van der Waals surface area (Å²) in [6.45, 7) is 8.95. The van der Waals surface area contributed by atoms with Gasteiger partial charge in [0.05, 0.1) is 26.4 Å². The van der Waals surface area contributed by atoms with Crippen LogP contribution in [0.25, 0.3) is 6.08 Å². The Bertz CT molecular complexity index is 995. The van der Waals surface area contributed by atoms with E-state index in [1.807, 2.05) is 38.1 Å². The normalized spacial score (nSPS) is 11.7. The predicted octanol–water partition coefficient (Wildman–Crippen LogP) is 4.92. The first-order valence-electron chi connectivity index (χ1n) is 11.0. The number of methoxy groups -OCH3 is 1.